The zero-order chi connectivity index (χ0) is 21.6. The average molecular weight is 411 g/mol. The second kappa shape index (κ2) is 7.71. The highest BCUT2D eigenvalue weighted by Gasteiger charge is 2.56. The van der Waals surface area contributed by atoms with Gasteiger partial charge >= 0.3 is 0 Å². The van der Waals surface area contributed by atoms with Gasteiger partial charge in [-0.1, -0.05) is 35.9 Å². The van der Waals surface area contributed by atoms with Crippen LogP contribution in [0.2, 0.25) is 0 Å². The lowest BCUT2D eigenvalue weighted by Gasteiger charge is -2.52. The van der Waals surface area contributed by atoms with E-state index in [0.717, 1.165) is 6.42 Å². The third kappa shape index (κ3) is 3.72. The SMILES string of the molecule is CC(C)=CCC1C2OC(C)(C)C=CC2C(O)C2C(=O)C(c3ccc(O)cc3)=COC12. The molecule has 2 N–H and O–H groups in total. The van der Waals surface area contributed by atoms with Crippen LogP contribution < -0.4 is 0 Å². The number of ether oxygens (including phenoxy) is 2. The summed E-state index contributed by atoms with van der Waals surface area (Å²) >= 11 is 0. The number of phenolic OH excluding ortho intramolecular Hbond substituents is 1. The van der Waals surface area contributed by atoms with Crippen LogP contribution >= 0.6 is 0 Å². The van der Waals surface area contributed by atoms with Gasteiger partial charge in [-0.2, -0.15) is 0 Å². The lowest BCUT2D eigenvalue weighted by Crippen LogP contribution is -2.61. The predicted molar refractivity (Wildman–Crippen MR) is 115 cm³/mol. The molecule has 6 unspecified atom stereocenters. The van der Waals surface area contributed by atoms with Gasteiger partial charge in [0.15, 0.2) is 5.78 Å². The fourth-order valence-electron chi connectivity index (χ4n) is 4.85. The van der Waals surface area contributed by atoms with Crippen molar-refractivity contribution in [2.75, 3.05) is 0 Å². The quantitative estimate of drug-likeness (QED) is 0.737. The van der Waals surface area contributed by atoms with E-state index in [1.54, 1.807) is 24.3 Å². The highest BCUT2D eigenvalue weighted by molar-refractivity contribution is 6.22. The molecular formula is C25H30O5. The van der Waals surface area contributed by atoms with E-state index >= 15 is 0 Å². The van der Waals surface area contributed by atoms with Crippen molar-refractivity contribution >= 4 is 11.4 Å². The molecule has 4 rings (SSSR count). The zero-order valence-corrected chi connectivity index (χ0v) is 17.9. The molecule has 1 aromatic carbocycles. The largest absolute Gasteiger partial charge is 0.508 e. The molecule has 2 aliphatic heterocycles. The standard InChI is InChI=1S/C25H30O5/c1-14(2)5-10-18-23-17(11-12-25(3,4)30-23)21(27)20-22(28)19(13-29-24(18)20)15-6-8-16(26)9-7-15/h5-9,11-13,17-18,20-21,23-24,26-27H,10H2,1-4H3. The Bertz CT molecular complexity index is 904. The number of ketones is 1. The van der Waals surface area contributed by atoms with Crippen LogP contribution in [0.15, 0.2) is 54.3 Å². The Morgan fingerprint density at radius 1 is 1.17 bits per heavy atom. The van der Waals surface area contributed by atoms with Gasteiger partial charge in [0.2, 0.25) is 0 Å². The maximum absolute atomic E-state index is 13.5. The number of phenols is 1. The van der Waals surface area contributed by atoms with Gasteiger partial charge in [0.05, 0.1) is 35.6 Å². The number of hydrogen-bond donors (Lipinski definition) is 2. The van der Waals surface area contributed by atoms with E-state index in [1.165, 1.54) is 11.8 Å². The monoisotopic (exact) mass is 410 g/mol. The van der Waals surface area contributed by atoms with E-state index in [9.17, 15) is 15.0 Å². The number of hydrogen-bond acceptors (Lipinski definition) is 5. The molecule has 6 atom stereocenters. The van der Waals surface area contributed by atoms with Gasteiger partial charge in [0.25, 0.3) is 0 Å². The molecule has 1 fully saturated rings. The Morgan fingerprint density at radius 2 is 1.87 bits per heavy atom. The summed E-state index contributed by atoms with van der Waals surface area (Å²) in [4.78, 5) is 13.5. The Hall–Kier alpha value is -2.37. The van der Waals surface area contributed by atoms with E-state index in [1.807, 2.05) is 39.8 Å². The summed E-state index contributed by atoms with van der Waals surface area (Å²) in [5.41, 5.74) is 1.86. The third-order valence-electron chi connectivity index (χ3n) is 6.39. The average Bonchev–Trinajstić information content (AvgIpc) is 2.67. The molecule has 2 heterocycles. The van der Waals surface area contributed by atoms with Crippen LogP contribution in [-0.2, 0) is 14.3 Å². The van der Waals surface area contributed by atoms with Crippen LogP contribution in [0.25, 0.3) is 5.57 Å². The molecule has 3 aliphatic rings. The number of allylic oxidation sites excluding steroid dienone is 3. The molecular weight excluding hydrogens is 380 g/mol. The highest BCUT2D eigenvalue weighted by atomic mass is 16.5. The number of carbonyl (C=O) groups is 1. The van der Waals surface area contributed by atoms with Crippen LogP contribution in [-0.4, -0.2) is 39.9 Å². The van der Waals surface area contributed by atoms with E-state index in [4.69, 9.17) is 9.47 Å². The van der Waals surface area contributed by atoms with Gasteiger partial charge in [0, 0.05) is 11.8 Å². The smallest absolute Gasteiger partial charge is 0.175 e. The summed E-state index contributed by atoms with van der Waals surface area (Å²) in [7, 11) is 0. The summed E-state index contributed by atoms with van der Waals surface area (Å²) in [6.45, 7) is 8.11. The predicted octanol–water partition coefficient (Wildman–Crippen LogP) is 4.01. The molecule has 0 spiro atoms. The number of Topliss-reactive ketones (excluding diaryl/α,β-unsaturated/α-hetero) is 1. The van der Waals surface area contributed by atoms with Crippen LogP contribution in [0, 0.1) is 17.8 Å². The minimum absolute atomic E-state index is 0.0518. The molecule has 1 aliphatic carbocycles. The van der Waals surface area contributed by atoms with E-state index < -0.39 is 23.7 Å². The van der Waals surface area contributed by atoms with Crippen molar-refractivity contribution in [1.29, 1.82) is 0 Å². The summed E-state index contributed by atoms with van der Waals surface area (Å²) in [6.07, 6.45) is 6.80. The minimum Gasteiger partial charge on any atom is -0.508 e. The van der Waals surface area contributed by atoms with Crippen molar-refractivity contribution in [3.05, 3.63) is 59.9 Å². The number of aliphatic hydroxyl groups excluding tert-OH is 1. The third-order valence-corrected chi connectivity index (χ3v) is 6.39. The summed E-state index contributed by atoms with van der Waals surface area (Å²) in [5, 5.41) is 20.8. The van der Waals surface area contributed by atoms with Crippen LogP contribution in [0.1, 0.15) is 39.7 Å². The first-order chi connectivity index (χ1) is 14.2. The number of benzene rings is 1. The molecule has 5 nitrogen and oxygen atoms in total. The first kappa shape index (κ1) is 20.9. The van der Waals surface area contributed by atoms with E-state index in [-0.39, 0.29) is 29.5 Å². The Morgan fingerprint density at radius 3 is 2.53 bits per heavy atom. The van der Waals surface area contributed by atoms with Crippen LogP contribution in [0.5, 0.6) is 5.75 Å². The maximum Gasteiger partial charge on any atom is 0.175 e. The fraction of sp³-hybridized carbons (Fsp3) is 0.480. The summed E-state index contributed by atoms with van der Waals surface area (Å²) in [5.74, 6) is -0.963. The zero-order valence-electron chi connectivity index (χ0n) is 17.9. The second-order valence-electron chi connectivity index (χ2n) is 9.36. The van der Waals surface area contributed by atoms with Crippen molar-refractivity contribution in [3.63, 3.8) is 0 Å². The molecule has 160 valence electrons. The number of carbonyl (C=O) groups excluding carboxylic acids is 1. The van der Waals surface area contributed by atoms with Crippen molar-refractivity contribution in [3.8, 4) is 5.75 Å². The normalized spacial score (nSPS) is 34.3. The number of aromatic hydroxyl groups is 1. The lowest BCUT2D eigenvalue weighted by atomic mass is 9.63. The van der Waals surface area contributed by atoms with Crippen LogP contribution in [0.4, 0.5) is 0 Å². The van der Waals surface area contributed by atoms with Crippen molar-refractivity contribution in [2.45, 2.75) is 58.0 Å². The maximum atomic E-state index is 13.5. The number of rotatable bonds is 3. The van der Waals surface area contributed by atoms with E-state index in [2.05, 4.69) is 6.08 Å². The van der Waals surface area contributed by atoms with Crippen molar-refractivity contribution in [2.24, 2.45) is 17.8 Å². The van der Waals surface area contributed by atoms with Gasteiger partial charge in [0.1, 0.15) is 11.9 Å². The molecule has 1 aromatic rings. The van der Waals surface area contributed by atoms with Gasteiger partial charge < -0.3 is 19.7 Å². The Labute approximate surface area is 177 Å². The molecule has 0 aromatic heterocycles. The molecule has 0 radical (unpaired) electrons. The highest BCUT2D eigenvalue weighted by Crippen LogP contribution is 2.47. The summed E-state index contributed by atoms with van der Waals surface area (Å²) < 4.78 is 12.5. The molecule has 0 bridgehead atoms. The van der Waals surface area contributed by atoms with E-state index in [0.29, 0.717) is 11.1 Å². The Kier molecular flexibility index (Phi) is 5.37. The molecule has 0 amide bonds. The molecule has 5 heteroatoms. The van der Waals surface area contributed by atoms with Gasteiger partial charge in [-0.15, -0.1) is 0 Å². The van der Waals surface area contributed by atoms with Gasteiger partial charge in [-0.3, -0.25) is 4.79 Å². The second-order valence-corrected chi connectivity index (χ2v) is 9.36. The molecule has 0 saturated heterocycles. The number of fused-ring (bicyclic) bond motifs is 2. The summed E-state index contributed by atoms with van der Waals surface area (Å²) in [6, 6.07) is 6.46. The molecule has 1 saturated carbocycles. The van der Waals surface area contributed by atoms with Gasteiger partial charge in [-0.05, 0) is 51.8 Å². The Balaban J connectivity index is 1.73. The van der Waals surface area contributed by atoms with Crippen molar-refractivity contribution in [1.82, 2.24) is 0 Å². The van der Waals surface area contributed by atoms with Crippen LogP contribution in [0.3, 0.4) is 0 Å². The minimum atomic E-state index is -0.886. The topological polar surface area (TPSA) is 76.0 Å². The fourth-order valence-corrected chi connectivity index (χ4v) is 4.85. The first-order valence-electron chi connectivity index (χ1n) is 10.6. The number of aliphatic hydroxyl groups is 1. The van der Waals surface area contributed by atoms with Crippen molar-refractivity contribution < 1.29 is 24.5 Å². The molecule has 30 heavy (non-hydrogen) atoms. The van der Waals surface area contributed by atoms with Gasteiger partial charge in [-0.25, -0.2) is 0 Å². The lowest BCUT2D eigenvalue weighted by molar-refractivity contribution is -0.194. The first-order valence-corrected chi connectivity index (χ1v) is 10.6.